The molecule has 10 heteroatoms. The Hall–Kier alpha value is -2.65. The number of ether oxygens (including phenoxy) is 1. The van der Waals surface area contributed by atoms with Crippen molar-refractivity contribution in [3.05, 3.63) is 6.33 Å². The van der Waals surface area contributed by atoms with Crippen molar-refractivity contribution in [2.45, 2.75) is 64.9 Å². The SMILES string of the molecule is CC12CCC(C(=O)N3CCC(C4CCN(C(=O)Nc5ncn[nH]5)CC4)CC3)(OC1=O)C2(C)C. The zero-order valence-electron chi connectivity index (χ0n) is 19.7. The van der Waals surface area contributed by atoms with Crippen molar-refractivity contribution < 1.29 is 19.1 Å². The maximum absolute atomic E-state index is 13.6. The number of amides is 3. The molecule has 10 nitrogen and oxygen atoms in total. The molecule has 1 aliphatic carbocycles. The topological polar surface area (TPSA) is 121 Å². The van der Waals surface area contributed by atoms with Gasteiger partial charge in [-0.2, -0.15) is 10.1 Å². The first-order chi connectivity index (χ1) is 15.7. The van der Waals surface area contributed by atoms with Gasteiger partial charge in [0.05, 0.1) is 5.41 Å². The number of piperidine rings is 2. The van der Waals surface area contributed by atoms with Gasteiger partial charge >= 0.3 is 12.0 Å². The number of rotatable bonds is 3. The Kier molecular flexibility index (Phi) is 5.17. The van der Waals surface area contributed by atoms with Gasteiger partial charge in [-0.05, 0) is 57.3 Å². The molecule has 1 saturated carbocycles. The molecule has 3 amide bonds. The van der Waals surface area contributed by atoms with E-state index in [2.05, 4.69) is 20.5 Å². The molecule has 1 aromatic rings. The molecule has 180 valence electrons. The van der Waals surface area contributed by atoms with E-state index in [9.17, 15) is 14.4 Å². The van der Waals surface area contributed by atoms with Crippen molar-refractivity contribution >= 4 is 23.9 Å². The maximum atomic E-state index is 13.6. The molecule has 0 spiro atoms. The van der Waals surface area contributed by atoms with Gasteiger partial charge < -0.3 is 14.5 Å². The first-order valence-corrected chi connectivity index (χ1v) is 12.1. The predicted molar refractivity (Wildman–Crippen MR) is 119 cm³/mol. The van der Waals surface area contributed by atoms with Gasteiger partial charge in [0.2, 0.25) is 5.95 Å². The number of nitrogens with one attached hydrogen (secondary N) is 2. The summed E-state index contributed by atoms with van der Waals surface area (Å²) >= 11 is 0. The zero-order chi connectivity index (χ0) is 23.4. The van der Waals surface area contributed by atoms with E-state index in [0.29, 0.717) is 43.7 Å². The summed E-state index contributed by atoms with van der Waals surface area (Å²) in [7, 11) is 0. The summed E-state index contributed by atoms with van der Waals surface area (Å²) in [6.45, 7) is 8.83. The lowest BCUT2D eigenvalue weighted by atomic mass is 9.66. The highest BCUT2D eigenvalue weighted by Gasteiger charge is 2.76. The van der Waals surface area contributed by atoms with Gasteiger partial charge in [-0.25, -0.2) is 9.89 Å². The third-order valence-electron chi connectivity index (χ3n) is 9.39. The predicted octanol–water partition coefficient (Wildman–Crippen LogP) is 2.41. The summed E-state index contributed by atoms with van der Waals surface area (Å²) in [4.78, 5) is 46.2. The Balaban J connectivity index is 1.14. The fourth-order valence-corrected chi connectivity index (χ4v) is 6.57. The Labute approximate surface area is 193 Å². The molecule has 2 atom stereocenters. The molecule has 4 fully saturated rings. The number of fused-ring (bicyclic) bond motifs is 2. The van der Waals surface area contributed by atoms with Crippen molar-refractivity contribution in [2.24, 2.45) is 22.7 Å². The number of aromatic amines is 1. The quantitative estimate of drug-likeness (QED) is 0.671. The van der Waals surface area contributed by atoms with Crippen LogP contribution in [-0.4, -0.2) is 74.7 Å². The van der Waals surface area contributed by atoms with Gasteiger partial charge in [0, 0.05) is 31.6 Å². The molecule has 4 heterocycles. The smallest absolute Gasteiger partial charge is 0.324 e. The van der Waals surface area contributed by atoms with E-state index in [-0.39, 0.29) is 17.9 Å². The third-order valence-corrected chi connectivity index (χ3v) is 9.39. The summed E-state index contributed by atoms with van der Waals surface area (Å²) in [5.74, 6) is 1.25. The Morgan fingerprint density at radius 1 is 1.03 bits per heavy atom. The molecule has 4 aliphatic rings. The van der Waals surface area contributed by atoms with Crippen LogP contribution in [0.15, 0.2) is 6.33 Å². The van der Waals surface area contributed by atoms with Crippen molar-refractivity contribution in [3.8, 4) is 0 Å². The number of nitrogens with zero attached hydrogens (tertiary/aromatic N) is 4. The van der Waals surface area contributed by atoms with Crippen molar-refractivity contribution in [3.63, 3.8) is 0 Å². The van der Waals surface area contributed by atoms with Crippen LogP contribution in [0, 0.1) is 22.7 Å². The third kappa shape index (κ3) is 3.24. The minimum Gasteiger partial charge on any atom is -0.448 e. The Morgan fingerprint density at radius 2 is 1.64 bits per heavy atom. The lowest BCUT2D eigenvalue weighted by Gasteiger charge is -2.43. The van der Waals surface area contributed by atoms with Crippen molar-refractivity contribution in [2.75, 3.05) is 31.5 Å². The standard InChI is InChI=1S/C23H34N6O4/c1-21(2)22(3)8-9-23(21,33-18(22)31)17(30)28-10-4-15(5-11-28)16-6-12-29(13-7-16)20(32)26-19-24-14-25-27-19/h14-16H,4-13H2,1-3H3,(H2,24,25,26,27,32). The molecule has 0 aromatic carbocycles. The molecule has 33 heavy (non-hydrogen) atoms. The molecule has 3 aliphatic heterocycles. The zero-order valence-corrected chi connectivity index (χ0v) is 19.7. The molecule has 2 unspecified atom stereocenters. The normalized spacial score (nSPS) is 32.2. The summed E-state index contributed by atoms with van der Waals surface area (Å²) < 4.78 is 5.81. The number of hydrogen-bond acceptors (Lipinski definition) is 6. The summed E-state index contributed by atoms with van der Waals surface area (Å²) in [6, 6.07) is -0.151. The number of hydrogen-bond donors (Lipinski definition) is 2. The van der Waals surface area contributed by atoms with Gasteiger partial charge in [-0.3, -0.25) is 14.9 Å². The maximum Gasteiger partial charge on any atom is 0.324 e. The van der Waals surface area contributed by atoms with Gasteiger partial charge in [0.1, 0.15) is 6.33 Å². The van der Waals surface area contributed by atoms with Gasteiger partial charge in [-0.1, -0.05) is 13.8 Å². The first-order valence-electron chi connectivity index (χ1n) is 12.1. The number of carbonyl (C=O) groups is 3. The average Bonchev–Trinajstić information content (AvgIpc) is 3.43. The minimum atomic E-state index is -1.01. The van der Waals surface area contributed by atoms with Crippen LogP contribution in [0.2, 0.25) is 0 Å². The monoisotopic (exact) mass is 458 g/mol. The number of esters is 1. The lowest BCUT2D eigenvalue weighted by Crippen LogP contribution is -2.56. The molecular weight excluding hydrogens is 424 g/mol. The highest BCUT2D eigenvalue weighted by molar-refractivity contribution is 5.96. The summed E-state index contributed by atoms with van der Waals surface area (Å²) in [6.07, 6.45) is 6.55. The number of likely N-dealkylation sites (tertiary alicyclic amines) is 2. The lowest BCUT2D eigenvalue weighted by molar-refractivity contribution is -0.175. The summed E-state index contributed by atoms with van der Waals surface area (Å²) in [5.41, 5.74) is -2.08. The van der Waals surface area contributed by atoms with E-state index >= 15 is 0 Å². The van der Waals surface area contributed by atoms with Gasteiger partial charge in [0.25, 0.3) is 5.91 Å². The number of aromatic nitrogens is 3. The van der Waals surface area contributed by atoms with Crippen LogP contribution in [0.25, 0.3) is 0 Å². The second-order valence-corrected chi connectivity index (χ2v) is 10.9. The molecule has 2 bridgehead atoms. The number of H-pyrrole nitrogens is 1. The second-order valence-electron chi connectivity index (χ2n) is 10.9. The van der Waals surface area contributed by atoms with Crippen LogP contribution >= 0.6 is 0 Å². The number of carbonyl (C=O) groups excluding carboxylic acids is 3. The molecule has 2 N–H and O–H groups in total. The highest BCUT2D eigenvalue weighted by atomic mass is 16.6. The number of urea groups is 1. The van der Waals surface area contributed by atoms with Crippen LogP contribution in [0.4, 0.5) is 10.7 Å². The van der Waals surface area contributed by atoms with Crippen LogP contribution < -0.4 is 5.32 Å². The molecular formula is C23H34N6O4. The van der Waals surface area contributed by atoms with Crippen LogP contribution in [0.3, 0.4) is 0 Å². The Bertz CT molecular complexity index is 933. The largest absolute Gasteiger partial charge is 0.448 e. The molecule has 5 rings (SSSR count). The van der Waals surface area contributed by atoms with Crippen LogP contribution in [0.5, 0.6) is 0 Å². The first kappa shape index (κ1) is 22.2. The fourth-order valence-electron chi connectivity index (χ4n) is 6.57. The fraction of sp³-hybridized carbons (Fsp3) is 0.783. The van der Waals surface area contributed by atoms with E-state index in [1.54, 1.807) is 0 Å². The van der Waals surface area contributed by atoms with Gasteiger partial charge in [-0.15, -0.1) is 0 Å². The van der Waals surface area contributed by atoms with Crippen molar-refractivity contribution in [1.82, 2.24) is 25.0 Å². The van der Waals surface area contributed by atoms with E-state index in [4.69, 9.17) is 4.74 Å². The Morgan fingerprint density at radius 3 is 2.12 bits per heavy atom. The van der Waals surface area contributed by atoms with Crippen LogP contribution in [0.1, 0.15) is 59.3 Å². The van der Waals surface area contributed by atoms with Crippen LogP contribution in [-0.2, 0) is 14.3 Å². The highest BCUT2D eigenvalue weighted by Crippen LogP contribution is 2.66. The van der Waals surface area contributed by atoms with Crippen molar-refractivity contribution in [1.29, 1.82) is 0 Å². The second kappa shape index (κ2) is 7.70. The summed E-state index contributed by atoms with van der Waals surface area (Å²) in [5, 5.41) is 9.12. The molecule has 0 radical (unpaired) electrons. The molecule has 1 aromatic heterocycles. The average molecular weight is 459 g/mol. The van der Waals surface area contributed by atoms with E-state index in [1.807, 2.05) is 30.6 Å². The van der Waals surface area contributed by atoms with E-state index in [1.165, 1.54) is 6.33 Å². The number of anilines is 1. The van der Waals surface area contributed by atoms with E-state index < -0.39 is 16.4 Å². The molecule has 3 saturated heterocycles. The minimum absolute atomic E-state index is 0.000527. The van der Waals surface area contributed by atoms with E-state index in [0.717, 1.165) is 38.8 Å². The van der Waals surface area contributed by atoms with Gasteiger partial charge in [0.15, 0.2) is 5.60 Å².